The second-order valence-electron chi connectivity index (χ2n) is 4.75. The third-order valence-electron chi connectivity index (χ3n) is 3.26. The highest BCUT2D eigenvalue weighted by molar-refractivity contribution is 7.10. The van der Waals surface area contributed by atoms with Gasteiger partial charge >= 0.3 is 0 Å². The van der Waals surface area contributed by atoms with E-state index in [0.717, 1.165) is 27.9 Å². The molecule has 0 spiro atoms. The van der Waals surface area contributed by atoms with Crippen LogP contribution in [0.3, 0.4) is 0 Å². The number of rotatable bonds is 4. The molecule has 1 amide bonds. The second-order valence-corrected chi connectivity index (χ2v) is 5.79. The standard InChI is InChI=1S/C16H16N2OS/c1-2-12-8-11-9-13(5-6-15(11)17-12)18-16(19)10-14-4-3-7-20-14/h3-9,17H,2,10H2,1H3,(H,18,19). The number of amides is 1. The predicted octanol–water partition coefficient (Wildman–Crippen LogP) is 3.97. The van der Waals surface area contributed by atoms with E-state index in [2.05, 4.69) is 23.3 Å². The summed E-state index contributed by atoms with van der Waals surface area (Å²) in [6.07, 6.45) is 1.41. The van der Waals surface area contributed by atoms with Crippen LogP contribution in [0.1, 0.15) is 17.5 Å². The van der Waals surface area contributed by atoms with Crippen LogP contribution in [0, 0.1) is 0 Å². The first kappa shape index (κ1) is 12.9. The molecule has 2 N–H and O–H groups in total. The second kappa shape index (κ2) is 5.51. The van der Waals surface area contributed by atoms with E-state index in [9.17, 15) is 4.79 Å². The van der Waals surface area contributed by atoms with Crippen molar-refractivity contribution in [2.45, 2.75) is 19.8 Å². The van der Waals surface area contributed by atoms with E-state index in [-0.39, 0.29) is 5.91 Å². The van der Waals surface area contributed by atoms with Crippen LogP contribution in [0.2, 0.25) is 0 Å². The van der Waals surface area contributed by atoms with E-state index in [1.807, 2.05) is 35.7 Å². The number of fused-ring (bicyclic) bond motifs is 1. The van der Waals surface area contributed by atoms with Gasteiger partial charge in [0.1, 0.15) is 0 Å². The Morgan fingerprint density at radius 1 is 1.30 bits per heavy atom. The molecule has 0 atom stereocenters. The molecule has 3 aromatic rings. The normalized spacial score (nSPS) is 10.8. The van der Waals surface area contributed by atoms with Crippen LogP contribution in [0.15, 0.2) is 41.8 Å². The fourth-order valence-electron chi connectivity index (χ4n) is 2.24. The van der Waals surface area contributed by atoms with Crippen molar-refractivity contribution >= 4 is 33.8 Å². The Labute approximate surface area is 121 Å². The number of anilines is 1. The molecule has 2 heterocycles. The van der Waals surface area contributed by atoms with Crippen molar-refractivity contribution in [3.8, 4) is 0 Å². The van der Waals surface area contributed by atoms with E-state index < -0.39 is 0 Å². The Morgan fingerprint density at radius 3 is 2.95 bits per heavy atom. The molecule has 1 aromatic carbocycles. The van der Waals surface area contributed by atoms with Crippen LogP contribution in [-0.4, -0.2) is 10.9 Å². The minimum absolute atomic E-state index is 0.0260. The molecule has 3 nitrogen and oxygen atoms in total. The largest absolute Gasteiger partial charge is 0.358 e. The average Bonchev–Trinajstić information content (AvgIpc) is 3.06. The quantitative estimate of drug-likeness (QED) is 0.748. The summed E-state index contributed by atoms with van der Waals surface area (Å²) in [5.41, 5.74) is 3.17. The van der Waals surface area contributed by atoms with Crippen molar-refractivity contribution in [1.82, 2.24) is 4.98 Å². The molecular formula is C16H16N2OS. The van der Waals surface area contributed by atoms with E-state index in [1.165, 1.54) is 5.69 Å². The summed E-state index contributed by atoms with van der Waals surface area (Å²) in [7, 11) is 0. The van der Waals surface area contributed by atoms with Crippen LogP contribution in [-0.2, 0) is 17.6 Å². The minimum Gasteiger partial charge on any atom is -0.358 e. The molecule has 0 aliphatic rings. The molecule has 2 aromatic heterocycles. The van der Waals surface area contributed by atoms with Gasteiger partial charge in [0, 0.05) is 27.2 Å². The summed E-state index contributed by atoms with van der Waals surface area (Å²) in [6.45, 7) is 2.12. The Balaban J connectivity index is 1.75. The number of benzene rings is 1. The first-order valence-corrected chi connectivity index (χ1v) is 7.56. The number of hydrogen-bond acceptors (Lipinski definition) is 2. The molecular weight excluding hydrogens is 268 g/mol. The summed E-state index contributed by atoms with van der Waals surface area (Å²) >= 11 is 1.60. The van der Waals surface area contributed by atoms with Crippen LogP contribution in [0.25, 0.3) is 10.9 Å². The van der Waals surface area contributed by atoms with Gasteiger partial charge in [-0.05, 0) is 42.1 Å². The SMILES string of the molecule is CCc1cc2cc(NC(=O)Cc3cccs3)ccc2[nH]1. The maximum Gasteiger partial charge on any atom is 0.229 e. The molecule has 3 rings (SSSR count). The van der Waals surface area contributed by atoms with Crippen molar-refractivity contribution in [3.05, 3.63) is 52.3 Å². The number of nitrogens with one attached hydrogen (secondary N) is 2. The molecule has 4 heteroatoms. The van der Waals surface area contributed by atoms with Gasteiger partial charge in [-0.2, -0.15) is 0 Å². The smallest absolute Gasteiger partial charge is 0.229 e. The van der Waals surface area contributed by atoms with Gasteiger partial charge in [0.2, 0.25) is 5.91 Å². The van der Waals surface area contributed by atoms with Crippen LogP contribution in [0.4, 0.5) is 5.69 Å². The highest BCUT2D eigenvalue weighted by atomic mass is 32.1. The molecule has 0 fully saturated rings. The van der Waals surface area contributed by atoms with Crippen LogP contribution in [0.5, 0.6) is 0 Å². The number of carbonyl (C=O) groups excluding carboxylic acids is 1. The molecule has 0 aliphatic heterocycles. The first-order valence-electron chi connectivity index (χ1n) is 6.68. The van der Waals surface area contributed by atoms with Crippen molar-refractivity contribution in [1.29, 1.82) is 0 Å². The van der Waals surface area contributed by atoms with Gasteiger partial charge in [-0.15, -0.1) is 11.3 Å². The van der Waals surface area contributed by atoms with Crippen molar-refractivity contribution in [3.63, 3.8) is 0 Å². The topological polar surface area (TPSA) is 44.9 Å². The van der Waals surface area contributed by atoms with Crippen LogP contribution < -0.4 is 5.32 Å². The fourth-order valence-corrected chi connectivity index (χ4v) is 2.94. The zero-order valence-electron chi connectivity index (χ0n) is 11.3. The lowest BCUT2D eigenvalue weighted by atomic mass is 10.2. The third-order valence-corrected chi connectivity index (χ3v) is 4.13. The summed E-state index contributed by atoms with van der Waals surface area (Å²) in [5, 5.41) is 6.08. The number of aromatic amines is 1. The maximum atomic E-state index is 12.0. The molecule has 0 saturated heterocycles. The van der Waals surface area contributed by atoms with Crippen molar-refractivity contribution in [2.24, 2.45) is 0 Å². The zero-order valence-corrected chi connectivity index (χ0v) is 12.1. The van der Waals surface area contributed by atoms with E-state index >= 15 is 0 Å². The van der Waals surface area contributed by atoms with Gasteiger partial charge in [0.15, 0.2) is 0 Å². The predicted molar refractivity (Wildman–Crippen MR) is 84.3 cm³/mol. The molecule has 0 radical (unpaired) electrons. The fraction of sp³-hybridized carbons (Fsp3) is 0.188. The Bertz CT molecular complexity index is 728. The Kier molecular flexibility index (Phi) is 3.56. The Morgan fingerprint density at radius 2 is 2.20 bits per heavy atom. The third kappa shape index (κ3) is 2.75. The van der Waals surface area contributed by atoms with Crippen molar-refractivity contribution in [2.75, 3.05) is 5.32 Å². The van der Waals surface area contributed by atoms with Gasteiger partial charge in [-0.25, -0.2) is 0 Å². The Hall–Kier alpha value is -2.07. The van der Waals surface area contributed by atoms with Gasteiger partial charge in [-0.3, -0.25) is 4.79 Å². The van der Waals surface area contributed by atoms with Crippen molar-refractivity contribution < 1.29 is 4.79 Å². The minimum atomic E-state index is 0.0260. The number of hydrogen-bond donors (Lipinski definition) is 2. The van der Waals surface area contributed by atoms with E-state index in [0.29, 0.717) is 6.42 Å². The van der Waals surface area contributed by atoms with E-state index in [1.54, 1.807) is 11.3 Å². The summed E-state index contributed by atoms with van der Waals surface area (Å²) in [5.74, 6) is 0.0260. The lowest BCUT2D eigenvalue weighted by molar-refractivity contribution is -0.115. The molecule has 0 unspecified atom stereocenters. The molecule has 0 saturated carbocycles. The number of aromatic nitrogens is 1. The van der Waals surface area contributed by atoms with Gasteiger partial charge in [0.05, 0.1) is 6.42 Å². The van der Waals surface area contributed by atoms with Gasteiger partial charge < -0.3 is 10.3 Å². The lowest BCUT2D eigenvalue weighted by Gasteiger charge is -2.04. The summed E-state index contributed by atoms with van der Waals surface area (Å²) in [6, 6.07) is 12.0. The monoisotopic (exact) mass is 284 g/mol. The summed E-state index contributed by atoms with van der Waals surface area (Å²) in [4.78, 5) is 16.4. The van der Waals surface area contributed by atoms with Gasteiger partial charge in [-0.1, -0.05) is 13.0 Å². The average molecular weight is 284 g/mol. The number of aryl methyl sites for hydroxylation is 1. The maximum absolute atomic E-state index is 12.0. The zero-order chi connectivity index (χ0) is 13.9. The first-order chi connectivity index (χ1) is 9.74. The van der Waals surface area contributed by atoms with Crippen LogP contribution >= 0.6 is 11.3 Å². The number of carbonyl (C=O) groups is 1. The van der Waals surface area contributed by atoms with Gasteiger partial charge in [0.25, 0.3) is 0 Å². The summed E-state index contributed by atoms with van der Waals surface area (Å²) < 4.78 is 0. The molecule has 0 aliphatic carbocycles. The molecule has 0 bridgehead atoms. The number of thiophene rings is 1. The van der Waals surface area contributed by atoms with E-state index in [4.69, 9.17) is 0 Å². The highest BCUT2D eigenvalue weighted by Gasteiger charge is 2.06. The highest BCUT2D eigenvalue weighted by Crippen LogP contribution is 2.21. The molecule has 102 valence electrons. The number of H-pyrrole nitrogens is 1. The molecule has 20 heavy (non-hydrogen) atoms. The lowest BCUT2D eigenvalue weighted by Crippen LogP contribution is -2.13.